The van der Waals surface area contributed by atoms with Gasteiger partial charge >= 0.3 is 0 Å². The van der Waals surface area contributed by atoms with E-state index in [1.165, 1.54) is 63.6 Å². The first kappa shape index (κ1) is 20.2. The largest absolute Gasteiger partial charge is 0.352 e. The van der Waals surface area contributed by atoms with E-state index in [0.29, 0.717) is 18.0 Å². The van der Waals surface area contributed by atoms with Crippen LogP contribution < -0.4 is 5.32 Å². The van der Waals surface area contributed by atoms with Gasteiger partial charge in [-0.15, -0.1) is 0 Å². The number of piperidine rings is 1. The summed E-state index contributed by atoms with van der Waals surface area (Å²) in [4.78, 5) is 15.4. The van der Waals surface area contributed by atoms with Crippen LogP contribution in [0, 0.1) is 11.8 Å². The second-order valence-corrected chi connectivity index (χ2v) is 9.69. The first-order chi connectivity index (χ1) is 13.7. The zero-order valence-corrected chi connectivity index (χ0v) is 17.8. The molecule has 1 amide bonds. The van der Waals surface area contributed by atoms with Gasteiger partial charge in [-0.25, -0.2) is 0 Å². The minimum atomic E-state index is 0.278. The molecule has 1 aliphatic heterocycles. The Morgan fingerprint density at radius 3 is 2.36 bits per heavy atom. The van der Waals surface area contributed by atoms with Gasteiger partial charge in [-0.1, -0.05) is 43.0 Å². The van der Waals surface area contributed by atoms with Crippen LogP contribution in [0.3, 0.4) is 0 Å². The Morgan fingerprint density at radius 1 is 0.929 bits per heavy atom. The maximum atomic E-state index is 12.7. The van der Waals surface area contributed by atoms with Gasteiger partial charge in [-0.3, -0.25) is 9.69 Å². The van der Waals surface area contributed by atoms with Crippen LogP contribution in [0.2, 0.25) is 5.02 Å². The Kier molecular flexibility index (Phi) is 6.95. The number of rotatable bonds is 5. The lowest BCUT2D eigenvalue weighted by atomic mass is 9.88. The fraction of sp³-hybridized carbons (Fsp3) is 0.708. The number of carbonyl (C=O) groups excluding carboxylic acids is 1. The van der Waals surface area contributed by atoms with Crippen molar-refractivity contribution in [3.63, 3.8) is 0 Å². The number of halogens is 1. The third-order valence-corrected chi connectivity index (χ3v) is 7.59. The van der Waals surface area contributed by atoms with Crippen molar-refractivity contribution in [3.05, 3.63) is 34.9 Å². The quantitative estimate of drug-likeness (QED) is 0.732. The number of hydrogen-bond donors (Lipinski definition) is 1. The Balaban J connectivity index is 1.26. The molecule has 0 aromatic heterocycles. The number of carbonyl (C=O) groups is 1. The second kappa shape index (κ2) is 9.63. The van der Waals surface area contributed by atoms with Crippen LogP contribution in [0.25, 0.3) is 0 Å². The molecule has 2 atom stereocenters. The monoisotopic (exact) mass is 402 g/mol. The lowest BCUT2D eigenvalue weighted by Crippen LogP contribution is -2.52. The summed E-state index contributed by atoms with van der Waals surface area (Å²) >= 11 is 6.01. The summed E-state index contributed by atoms with van der Waals surface area (Å²) in [5, 5.41) is 4.28. The van der Waals surface area contributed by atoms with Gasteiger partial charge in [0.15, 0.2) is 0 Å². The van der Waals surface area contributed by atoms with Gasteiger partial charge < -0.3 is 5.32 Å². The van der Waals surface area contributed by atoms with Crippen molar-refractivity contribution < 1.29 is 4.79 Å². The highest BCUT2D eigenvalue weighted by molar-refractivity contribution is 6.30. The number of amides is 1. The van der Waals surface area contributed by atoms with Crippen molar-refractivity contribution in [2.75, 3.05) is 13.1 Å². The topological polar surface area (TPSA) is 32.3 Å². The van der Waals surface area contributed by atoms with Crippen LogP contribution in [0.5, 0.6) is 0 Å². The van der Waals surface area contributed by atoms with Crippen LogP contribution in [-0.2, 0) is 11.2 Å². The van der Waals surface area contributed by atoms with E-state index in [4.69, 9.17) is 11.6 Å². The minimum Gasteiger partial charge on any atom is -0.352 e. The number of nitrogens with one attached hydrogen (secondary N) is 1. The normalized spacial score (nSPS) is 27.8. The van der Waals surface area contributed by atoms with Crippen LogP contribution in [-0.4, -0.2) is 36.0 Å². The van der Waals surface area contributed by atoms with Gasteiger partial charge in [-0.2, -0.15) is 0 Å². The number of benzene rings is 1. The van der Waals surface area contributed by atoms with Gasteiger partial charge in [0.25, 0.3) is 0 Å². The van der Waals surface area contributed by atoms with Crippen molar-refractivity contribution in [1.82, 2.24) is 10.2 Å². The Hall–Kier alpha value is -1.06. The molecule has 0 spiro atoms. The molecule has 1 aromatic carbocycles. The molecule has 4 heteroatoms. The highest BCUT2D eigenvalue weighted by Gasteiger charge is 2.36. The van der Waals surface area contributed by atoms with Crippen molar-refractivity contribution in [2.45, 2.75) is 82.7 Å². The highest BCUT2D eigenvalue weighted by Crippen LogP contribution is 2.31. The first-order valence-electron chi connectivity index (χ1n) is 11.5. The van der Waals surface area contributed by atoms with Crippen LogP contribution >= 0.6 is 11.6 Å². The van der Waals surface area contributed by atoms with E-state index in [0.717, 1.165) is 36.6 Å². The molecule has 3 nitrogen and oxygen atoms in total. The van der Waals surface area contributed by atoms with Crippen molar-refractivity contribution in [3.8, 4) is 0 Å². The molecule has 0 radical (unpaired) electrons. The molecule has 3 aliphatic rings. The highest BCUT2D eigenvalue weighted by atomic mass is 35.5. The van der Waals surface area contributed by atoms with E-state index in [1.54, 1.807) is 0 Å². The molecule has 2 aliphatic carbocycles. The molecule has 154 valence electrons. The van der Waals surface area contributed by atoms with Crippen molar-refractivity contribution >= 4 is 17.5 Å². The zero-order chi connectivity index (χ0) is 19.3. The van der Waals surface area contributed by atoms with E-state index < -0.39 is 0 Å². The van der Waals surface area contributed by atoms with Gasteiger partial charge in [0.2, 0.25) is 5.91 Å². The molecule has 0 bridgehead atoms. The molecule has 1 saturated heterocycles. The van der Waals surface area contributed by atoms with E-state index in [-0.39, 0.29) is 5.92 Å². The van der Waals surface area contributed by atoms with E-state index in [1.807, 2.05) is 12.1 Å². The summed E-state index contributed by atoms with van der Waals surface area (Å²) in [5.41, 5.74) is 1.40. The predicted octanol–water partition coefficient (Wildman–Crippen LogP) is 5.21. The summed E-state index contributed by atoms with van der Waals surface area (Å²) in [7, 11) is 0. The third-order valence-electron chi connectivity index (χ3n) is 7.34. The van der Waals surface area contributed by atoms with Gasteiger partial charge in [0, 0.05) is 23.0 Å². The maximum absolute atomic E-state index is 12.7. The minimum absolute atomic E-state index is 0.278. The SMILES string of the molecule is O=C(N[C@@H]1CCC[C@H]1N1CCC(Cc2ccc(Cl)cc2)CC1)C1CCCCC1. The van der Waals surface area contributed by atoms with Gasteiger partial charge in [0.05, 0.1) is 0 Å². The average Bonchev–Trinajstić information content (AvgIpc) is 3.19. The van der Waals surface area contributed by atoms with Gasteiger partial charge in [-0.05, 0) is 88.1 Å². The van der Waals surface area contributed by atoms with E-state index >= 15 is 0 Å². The number of nitrogens with zero attached hydrogens (tertiary/aromatic N) is 1. The zero-order valence-electron chi connectivity index (χ0n) is 17.0. The fourth-order valence-corrected chi connectivity index (χ4v) is 5.78. The fourth-order valence-electron chi connectivity index (χ4n) is 5.65. The second-order valence-electron chi connectivity index (χ2n) is 9.26. The smallest absolute Gasteiger partial charge is 0.223 e. The average molecular weight is 403 g/mol. The molecule has 28 heavy (non-hydrogen) atoms. The lowest BCUT2D eigenvalue weighted by molar-refractivity contribution is -0.127. The van der Waals surface area contributed by atoms with E-state index in [2.05, 4.69) is 22.3 Å². The van der Waals surface area contributed by atoms with Crippen LogP contribution in [0.15, 0.2) is 24.3 Å². The molecule has 1 N–H and O–H groups in total. The molecule has 4 rings (SSSR count). The first-order valence-corrected chi connectivity index (χ1v) is 11.9. The molecule has 2 saturated carbocycles. The Morgan fingerprint density at radius 2 is 1.64 bits per heavy atom. The number of likely N-dealkylation sites (tertiary alicyclic amines) is 1. The standard InChI is InChI=1S/C24H35ClN2O/c25-21-11-9-18(10-12-21)17-19-13-15-27(16-14-19)23-8-4-7-22(23)26-24(28)20-5-2-1-3-6-20/h9-12,19-20,22-23H,1-8,13-17H2,(H,26,28)/t22-,23-/m1/s1. The predicted molar refractivity (Wildman–Crippen MR) is 116 cm³/mol. The Bertz CT molecular complexity index is 633. The molecular formula is C24H35ClN2O. The van der Waals surface area contributed by atoms with Crippen LogP contribution in [0.1, 0.15) is 69.8 Å². The summed E-state index contributed by atoms with van der Waals surface area (Å²) in [6, 6.07) is 9.28. The maximum Gasteiger partial charge on any atom is 0.223 e. The van der Waals surface area contributed by atoms with Gasteiger partial charge in [0.1, 0.15) is 0 Å². The number of hydrogen-bond acceptors (Lipinski definition) is 2. The van der Waals surface area contributed by atoms with Crippen molar-refractivity contribution in [2.24, 2.45) is 11.8 Å². The Labute approximate surface area is 175 Å². The lowest BCUT2D eigenvalue weighted by Gasteiger charge is -2.39. The summed E-state index contributed by atoms with van der Waals surface area (Å²) < 4.78 is 0. The molecular weight excluding hydrogens is 368 g/mol. The molecule has 3 fully saturated rings. The summed E-state index contributed by atoms with van der Waals surface area (Å²) in [6.45, 7) is 2.36. The molecule has 0 unspecified atom stereocenters. The van der Waals surface area contributed by atoms with E-state index in [9.17, 15) is 4.79 Å². The third kappa shape index (κ3) is 5.10. The van der Waals surface area contributed by atoms with Crippen LogP contribution in [0.4, 0.5) is 0 Å². The van der Waals surface area contributed by atoms with Crippen molar-refractivity contribution in [1.29, 1.82) is 0 Å². The molecule has 1 aromatic rings. The summed E-state index contributed by atoms with van der Waals surface area (Å²) in [5.74, 6) is 1.39. The molecule has 1 heterocycles. The summed E-state index contributed by atoms with van der Waals surface area (Å²) in [6.07, 6.45) is 13.3.